The summed E-state index contributed by atoms with van der Waals surface area (Å²) in [6.07, 6.45) is -4.92. The van der Waals surface area contributed by atoms with Gasteiger partial charge in [-0.05, 0) is 12.1 Å². The van der Waals surface area contributed by atoms with E-state index < -0.39 is 34.4 Å². The third-order valence-electron chi connectivity index (χ3n) is 1.74. The summed E-state index contributed by atoms with van der Waals surface area (Å²) in [5.41, 5.74) is 3.41. The Labute approximate surface area is 86.6 Å². The van der Waals surface area contributed by atoms with Crippen molar-refractivity contribution < 1.29 is 22.0 Å². The normalized spacial score (nSPS) is 14.1. The summed E-state index contributed by atoms with van der Waals surface area (Å²) in [6.45, 7) is 0. The van der Waals surface area contributed by atoms with Gasteiger partial charge in [-0.1, -0.05) is 11.6 Å². The van der Waals surface area contributed by atoms with E-state index in [0.29, 0.717) is 6.07 Å². The van der Waals surface area contributed by atoms with Crippen LogP contribution < -0.4 is 5.73 Å². The van der Waals surface area contributed by atoms with Crippen molar-refractivity contribution in [1.29, 1.82) is 0 Å². The highest BCUT2D eigenvalue weighted by Gasteiger charge is 2.41. The van der Waals surface area contributed by atoms with Crippen LogP contribution in [0.1, 0.15) is 11.6 Å². The summed E-state index contributed by atoms with van der Waals surface area (Å²) in [6, 6.07) is -1.28. The Morgan fingerprint density at radius 1 is 1.20 bits per heavy atom. The maximum Gasteiger partial charge on any atom is 0.407 e. The topological polar surface area (TPSA) is 26.0 Å². The number of rotatable bonds is 1. The van der Waals surface area contributed by atoms with Crippen molar-refractivity contribution in [3.63, 3.8) is 0 Å². The Hall–Kier alpha value is -0.880. The lowest BCUT2D eigenvalue weighted by atomic mass is 10.1. The first-order valence-corrected chi connectivity index (χ1v) is 4.08. The van der Waals surface area contributed by atoms with Crippen molar-refractivity contribution in [3.8, 4) is 0 Å². The lowest BCUT2D eigenvalue weighted by Gasteiger charge is -2.17. The van der Waals surface area contributed by atoms with Gasteiger partial charge < -0.3 is 5.73 Å². The van der Waals surface area contributed by atoms with Gasteiger partial charge in [0.1, 0.15) is 17.7 Å². The molecule has 0 fully saturated rings. The molecule has 0 aliphatic heterocycles. The van der Waals surface area contributed by atoms with Gasteiger partial charge in [0.2, 0.25) is 0 Å². The van der Waals surface area contributed by atoms with Crippen molar-refractivity contribution >= 4 is 11.6 Å². The SMILES string of the molecule is NC(c1c(F)ccc(Cl)c1F)C(F)(F)F. The molecule has 1 aromatic rings. The molecule has 1 unspecified atom stereocenters. The Kier molecular flexibility index (Phi) is 3.20. The minimum Gasteiger partial charge on any atom is -0.316 e. The fourth-order valence-electron chi connectivity index (χ4n) is 0.992. The minimum atomic E-state index is -4.92. The highest BCUT2D eigenvalue weighted by molar-refractivity contribution is 6.30. The van der Waals surface area contributed by atoms with E-state index >= 15 is 0 Å². The van der Waals surface area contributed by atoms with Gasteiger partial charge in [-0.2, -0.15) is 13.2 Å². The van der Waals surface area contributed by atoms with Crippen LogP contribution in [0.4, 0.5) is 22.0 Å². The largest absolute Gasteiger partial charge is 0.407 e. The average Bonchev–Trinajstić information content (AvgIpc) is 2.10. The van der Waals surface area contributed by atoms with Crippen molar-refractivity contribution in [1.82, 2.24) is 0 Å². The molecule has 0 aliphatic carbocycles. The smallest absolute Gasteiger partial charge is 0.316 e. The Balaban J connectivity index is 3.31. The first-order chi connectivity index (χ1) is 6.75. The third-order valence-corrected chi connectivity index (χ3v) is 2.03. The van der Waals surface area contributed by atoms with Crippen LogP contribution in [0.2, 0.25) is 5.02 Å². The highest BCUT2D eigenvalue weighted by Crippen LogP contribution is 2.35. The van der Waals surface area contributed by atoms with Gasteiger partial charge in [-0.25, -0.2) is 8.78 Å². The summed E-state index contributed by atoms with van der Waals surface area (Å²) < 4.78 is 62.4. The molecule has 0 spiro atoms. The Bertz CT molecular complexity index is 376. The molecule has 0 aliphatic rings. The molecule has 0 heterocycles. The highest BCUT2D eigenvalue weighted by atomic mass is 35.5. The molecule has 0 aromatic heterocycles. The summed E-state index contributed by atoms with van der Waals surface area (Å²) in [4.78, 5) is 0. The van der Waals surface area contributed by atoms with Gasteiger partial charge in [0.25, 0.3) is 0 Å². The number of nitrogens with two attached hydrogens (primary N) is 1. The summed E-state index contributed by atoms with van der Waals surface area (Å²) in [7, 11) is 0. The van der Waals surface area contributed by atoms with Crippen LogP contribution in [-0.2, 0) is 0 Å². The first kappa shape index (κ1) is 12.2. The zero-order valence-electron chi connectivity index (χ0n) is 7.08. The van der Waals surface area contributed by atoms with Crippen LogP contribution in [0.25, 0.3) is 0 Å². The Morgan fingerprint density at radius 2 is 1.73 bits per heavy atom. The maximum absolute atomic E-state index is 13.1. The van der Waals surface area contributed by atoms with E-state index in [1.807, 2.05) is 0 Å². The van der Waals surface area contributed by atoms with E-state index in [1.165, 1.54) is 0 Å². The maximum atomic E-state index is 13.1. The van der Waals surface area contributed by atoms with Crippen molar-refractivity contribution in [2.45, 2.75) is 12.2 Å². The molecule has 0 amide bonds. The van der Waals surface area contributed by atoms with E-state index in [1.54, 1.807) is 0 Å². The second-order valence-electron chi connectivity index (χ2n) is 2.78. The molecular weight excluding hydrogens is 241 g/mol. The van der Waals surface area contributed by atoms with Crippen molar-refractivity contribution in [2.24, 2.45) is 5.73 Å². The standard InChI is InChI=1S/C8H5ClF5N/c9-3-1-2-4(10)5(6(3)11)7(15)8(12,13)14/h1-2,7H,15H2. The molecule has 0 saturated carbocycles. The molecule has 84 valence electrons. The lowest BCUT2D eigenvalue weighted by Crippen LogP contribution is -2.30. The fourth-order valence-corrected chi connectivity index (χ4v) is 1.16. The molecule has 15 heavy (non-hydrogen) atoms. The van der Waals surface area contributed by atoms with E-state index in [0.717, 1.165) is 6.07 Å². The third kappa shape index (κ3) is 2.38. The first-order valence-electron chi connectivity index (χ1n) is 3.71. The van der Waals surface area contributed by atoms with Crippen LogP contribution >= 0.6 is 11.6 Å². The zero-order valence-corrected chi connectivity index (χ0v) is 7.83. The van der Waals surface area contributed by atoms with Gasteiger partial charge in [0, 0.05) is 0 Å². The second-order valence-corrected chi connectivity index (χ2v) is 3.18. The molecule has 1 atom stereocenters. The average molecular weight is 246 g/mol. The number of halogens is 6. The predicted octanol–water partition coefficient (Wildman–Crippen LogP) is 3.18. The number of hydrogen-bond donors (Lipinski definition) is 1. The molecule has 7 heteroatoms. The van der Waals surface area contributed by atoms with Crippen molar-refractivity contribution in [3.05, 3.63) is 34.4 Å². The second kappa shape index (κ2) is 3.94. The summed E-state index contributed by atoms with van der Waals surface area (Å²) in [5.74, 6) is -2.86. The molecule has 0 radical (unpaired) electrons. The molecule has 0 bridgehead atoms. The molecule has 2 N–H and O–H groups in total. The van der Waals surface area contributed by atoms with Gasteiger partial charge in [0.05, 0.1) is 10.6 Å². The van der Waals surface area contributed by atoms with E-state index in [9.17, 15) is 22.0 Å². The molecule has 1 aromatic carbocycles. The number of benzene rings is 1. The van der Waals surface area contributed by atoms with E-state index in [-0.39, 0.29) is 0 Å². The van der Waals surface area contributed by atoms with Gasteiger partial charge in [-0.15, -0.1) is 0 Å². The number of hydrogen-bond acceptors (Lipinski definition) is 1. The summed E-state index contributed by atoms with van der Waals surface area (Å²) >= 11 is 5.22. The Morgan fingerprint density at radius 3 is 2.20 bits per heavy atom. The van der Waals surface area contributed by atoms with Crippen LogP contribution in [0.5, 0.6) is 0 Å². The zero-order chi connectivity index (χ0) is 11.8. The predicted molar refractivity (Wildman–Crippen MR) is 44.4 cm³/mol. The van der Waals surface area contributed by atoms with Crippen LogP contribution in [-0.4, -0.2) is 6.18 Å². The molecule has 0 saturated heterocycles. The van der Waals surface area contributed by atoms with E-state index in [2.05, 4.69) is 5.73 Å². The monoisotopic (exact) mass is 245 g/mol. The fraction of sp³-hybridized carbons (Fsp3) is 0.250. The molecule has 1 rings (SSSR count). The van der Waals surface area contributed by atoms with Gasteiger partial charge in [0.15, 0.2) is 0 Å². The van der Waals surface area contributed by atoms with Gasteiger partial charge >= 0.3 is 6.18 Å². The van der Waals surface area contributed by atoms with Gasteiger partial charge in [-0.3, -0.25) is 0 Å². The van der Waals surface area contributed by atoms with Crippen molar-refractivity contribution in [2.75, 3.05) is 0 Å². The minimum absolute atomic E-state index is 0.605. The van der Waals surface area contributed by atoms with Crippen LogP contribution in [0.15, 0.2) is 12.1 Å². The molecular formula is C8H5ClF5N. The quantitative estimate of drug-likeness (QED) is 0.597. The molecule has 1 nitrogen and oxygen atoms in total. The lowest BCUT2D eigenvalue weighted by molar-refractivity contribution is -0.150. The van der Waals surface area contributed by atoms with E-state index in [4.69, 9.17) is 11.6 Å². The van der Waals surface area contributed by atoms with Crippen LogP contribution in [0.3, 0.4) is 0 Å². The summed E-state index contributed by atoms with van der Waals surface area (Å²) in [5, 5.41) is -0.605. The number of alkyl halides is 3. The van der Waals surface area contributed by atoms with Crippen LogP contribution in [0, 0.1) is 11.6 Å².